The molecule has 1 atom stereocenters. The number of benzene rings is 2. The average Bonchev–Trinajstić information content (AvgIpc) is 2.63. The third-order valence-electron chi connectivity index (χ3n) is 3.62. The molecule has 0 spiro atoms. The molecule has 0 amide bonds. The van der Waals surface area contributed by atoms with Gasteiger partial charge in [0.2, 0.25) is 0 Å². The van der Waals surface area contributed by atoms with Crippen LogP contribution in [0.3, 0.4) is 0 Å². The lowest BCUT2D eigenvalue weighted by molar-refractivity contribution is 0.0691. The van der Waals surface area contributed by atoms with Gasteiger partial charge in [0.05, 0.1) is 13.2 Å². The van der Waals surface area contributed by atoms with Gasteiger partial charge in [-0.1, -0.05) is 48.5 Å². The van der Waals surface area contributed by atoms with Gasteiger partial charge in [-0.05, 0) is 23.8 Å². The monoisotopic (exact) mass is 329 g/mol. The smallest absolute Gasteiger partial charge is 0.342 e. The number of hydrogen-bond acceptors (Lipinski definition) is 3. The van der Waals surface area contributed by atoms with Crippen LogP contribution in [-0.4, -0.2) is 31.0 Å². The van der Waals surface area contributed by atoms with Gasteiger partial charge in [0.1, 0.15) is 5.75 Å². The van der Waals surface area contributed by atoms with Crippen LogP contribution in [0.2, 0.25) is 0 Å². The highest BCUT2D eigenvalue weighted by Gasteiger charge is 2.31. The molecular formula is C18H20NO3P. The van der Waals surface area contributed by atoms with E-state index in [9.17, 15) is 4.57 Å². The lowest BCUT2D eigenvalue weighted by Gasteiger charge is -2.32. The van der Waals surface area contributed by atoms with Gasteiger partial charge in [-0.25, -0.2) is 4.67 Å². The standard InChI is InChI=1S/C18H20NO3P/c20-23(19-12-14-21-15-13-19,22-18-9-5-2-6-10-18)16-11-17-7-3-1-4-8-17/h1-11,16H,12-15H2/b16-11+/t23-/m1/s1. The summed E-state index contributed by atoms with van der Waals surface area (Å²) < 4.78 is 26.6. The second-order valence-corrected chi connectivity index (χ2v) is 7.44. The summed E-state index contributed by atoms with van der Waals surface area (Å²) in [5, 5.41) is 0. The van der Waals surface area contributed by atoms with E-state index in [1.165, 1.54) is 0 Å². The summed E-state index contributed by atoms with van der Waals surface area (Å²) in [5.41, 5.74) is 0.998. The predicted octanol–water partition coefficient (Wildman–Crippen LogP) is 4.26. The van der Waals surface area contributed by atoms with Crippen LogP contribution in [0, 0.1) is 0 Å². The molecule has 0 unspecified atom stereocenters. The quantitative estimate of drug-likeness (QED) is 0.768. The maximum Gasteiger partial charge on any atom is 0.342 e. The van der Waals surface area contributed by atoms with E-state index in [1.54, 1.807) is 5.82 Å². The van der Waals surface area contributed by atoms with Gasteiger partial charge in [0, 0.05) is 18.9 Å². The van der Waals surface area contributed by atoms with Crippen molar-refractivity contribution in [2.24, 2.45) is 0 Å². The minimum absolute atomic E-state index is 0.571. The van der Waals surface area contributed by atoms with Gasteiger partial charge in [0.15, 0.2) is 0 Å². The Labute approximate surface area is 136 Å². The van der Waals surface area contributed by atoms with Crippen molar-refractivity contribution >= 4 is 13.6 Å². The van der Waals surface area contributed by atoms with Crippen molar-refractivity contribution in [2.75, 3.05) is 26.3 Å². The fraction of sp³-hybridized carbons (Fsp3) is 0.222. The molecular weight excluding hydrogens is 309 g/mol. The highest BCUT2D eigenvalue weighted by molar-refractivity contribution is 7.60. The Morgan fingerprint density at radius 1 is 0.957 bits per heavy atom. The van der Waals surface area contributed by atoms with Gasteiger partial charge >= 0.3 is 7.52 Å². The summed E-state index contributed by atoms with van der Waals surface area (Å²) in [6.07, 6.45) is 1.86. The summed E-state index contributed by atoms with van der Waals surface area (Å²) in [7, 11) is -3.11. The Morgan fingerprint density at radius 2 is 1.57 bits per heavy atom. The number of nitrogens with zero attached hydrogens (tertiary/aromatic N) is 1. The van der Waals surface area contributed by atoms with Crippen LogP contribution < -0.4 is 4.52 Å². The molecule has 1 fully saturated rings. The lowest BCUT2D eigenvalue weighted by atomic mass is 10.2. The van der Waals surface area contributed by atoms with Crippen LogP contribution in [0.5, 0.6) is 5.75 Å². The number of hydrogen-bond donors (Lipinski definition) is 0. The van der Waals surface area contributed by atoms with Crippen LogP contribution in [-0.2, 0) is 9.30 Å². The number of morpholine rings is 1. The van der Waals surface area contributed by atoms with E-state index in [1.807, 2.05) is 71.4 Å². The molecule has 0 aromatic heterocycles. The Balaban J connectivity index is 1.86. The van der Waals surface area contributed by atoms with E-state index >= 15 is 0 Å². The first-order valence-corrected chi connectivity index (χ1v) is 9.33. The van der Waals surface area contributed by atoms with Crippen LogP contribution >= 0.6 is 7.52 Å². The molecule has 3 rings (SSSR count). The Bertz CT molecular complexity index is 682. The summed E-state index contributed by atoms with van der Waals surface area (Å²) >= 11 is 0. The molecule has 0 aliphatic carbocycles. The summed E-state index contributed by atoms with van der Waals surface area (Å²) in [4.78, 5) is 0. The molecule has 2 aromatic carbocycles. The van der Waals surface area contributed by atoms with Gasteiger partial charge in [0.25, 0.3) is 0 Å². The molecule has 120 valence electrons. The van der Waals surface area contributed by atoms with Crippen molar-refractivity contribution in [1.29, 1.82) is 0 Å². The van der Waals surface area contributed by atoms with E-state index in [0.29, 0.717) is 32.1 Å². The first kappa shape index (κ1) is 16.0. The van der Waals surface area contributed by atoms with E-state index in [4.69, 9.17) is 9.26 Å². The zero-order valence-electron chi connectivity index (χ0n) is 12.9. The SMILES string of the molecule is O=[P@](/C=C/c1ccccc1)(Oc1ccccc1)N1CCOCC1. The molecule has 0 bridgehead atoms. The molecule has 0 N–H and O–H groups in total. The van der Waals surface area contributed by atoms with Gasteiger partial charge < -0.3 is 9.26 Å². The second kappa shape index (κ2) is 7.60. The van der Waals surface area contributed by atoms with Crippen molar-refractivity contribution in [3.8, 4) is 5.75 Å². The topological polar surface area (TPSA) is 38.8 Å². The average molecular weight is 329 g/mol. The van der Waals surface area contributed by atoms with Gasteiger partial charge in [-0.2, -0.15) is 0 Å². The van der Waals surface area contributed by atoms with Crippen LogP contribution in [0.4, 0.5) is 0 Å². The van der Waals surface area contributed by atoms with Crippen molar-refractivity contribution in [1.82, 2.24) is 4.67 Å². The molecule has 4 nitrogen and oxygen atoms in total. The first-order chi connectivity index (χ1) is 11.3. The van der Waals surface area contributed by atoms with E-state index in [-0.39, 0.29) is 0 Å². The van der Waals surface area contributed by atoms with Crippen molar-refractivity contribution < 1.29 is 13.8 Å². The van der Waals surface area contributed by atoms with Crippen molar-refractivity contribution in [2.45, 2.75) is 0 Å². The largest absolute Gasteiger partial charge is 0.430 e. The minimum Gasteiger partial charge on any atom is -0.430 e. The molecule has 0 saturated carbocycles. The summed E-state index contributed by atoms with van der Waals surface area (Å²) in [6, 6.07) is 19.1. The second-order valence-electron chi connectivity index (χ2n) is 5.26. The maximum atomic E-state index is 13.5. The highest BCUT2D eigenvalue weighted by atomic mass is 31.2. The van der Waals surface area contributed by atoms with E-state index in [0.717, 1.165) is 5.56 Å². The summed E-state index contributed by atoms with van der Waals surface area (Å²) in [5.74, 6) is 2.31. The lowest BCUT2D eigenvalue weighted by Crippen LogP contribution is -2.34. The molecule has 5 heteroatoms. The van der Waals surface area contributed by atoms with Crippen LogP contribution in [0.25, 0.3) is 6.08 Å². The Hall–Kier alpha value is -1.87. The fourth-order valence-electron chi connectivity index (χ4n) is 2.39. The van der Waals surface area contributed by atoms with Crippen LogP contribution in [0.15, 0.2) is 66.5 Å². The molecule has 1 aliphatic heterocycles. The zero-order valence-corrected chi connectivity index (χ0v) is 13.8. The molecule has 1 saturated heterocycles. The molecule has 0 radical (unpaired) electrons. The summed E-state index contributed by atoms with van der Waals surface area (Å²) in [6.45, 7) is 2.34. The van der Waals surface area contributed by atoms with Gasteiger partial charge in [-0.15, -0.1) is 0 Å². The van der Waals surface area contributed by atoms with E-state index < -0.39 is 7.52 Å². The van der Waals surface area contributed by atoms with Crippen LogP contribution in [0.1, 0.15) is 5.56 Å². The Kier molecular flexibility index (Phi) is 5.29. The fourth-order valence-corrected chi connectivity index (χ4v) is 4.26. The number of rotatable bonds is 5. The molecule has 1 aliphatic rings. The van der Waals surface area contributed by atoms with Crippen molar-refractivity contribution in [3.05, 3.63) is 72.0 Å². The zero-order chi connectivity index (χ0) is 16.0. The minimum atomic E-state index is -3.11. The highest BCUT2D eigenvalue weighted by Crippen LogP contribution is 2.52. The van der Waals surface area contributed by atoms with Crippen molar-refractivity contribution in [3.63, 3.8) is 0 Å². The first-order valence-electron chi connectivity index (χ1n) is 7.68. The number of para-hydroxylation sites is 1. The molecule has 1 heterocycles. The normalized spacial score (nSPS) is 18.6. The van der Waals surface area contributed by atoms with Gasteiger partial charge in [-0.3, -0.25) is 4.57 Å². The molecule has 23 heavy (non-hydrogen) atoms. The third kappa shape index (κ3) is 4.32. The Morgan fingerprint density at radius 3 is 2.22 bits per heavy atom. The van der Waals surface area contributed by atoms with E-state index in [2.05, 4.69) is 0 Å². The predicted molar refractivity (Wildman–Crippen MR) is 92.5 cm³/mol. The number of ether oxygens (including phenoxy) is 1. The maximum absolute atomic E-state index is 13.5. The molecule has 2 aromatic rings. The third-order valence-corrected chi connectivity index (χ3v) is 5.80.